The Balaban J connectivity index is 0. The van der Waals surface area contributed by atoms with Gasteiger partial charge in [0.05, 0.1) is 0 Å². The summed E-state index contributed by atoms with van der Waals surface area (Å²) < 4.78 is 0. The molecule has 4 heteroatoms. The third kappa shape index (κ3) is 33.1. The zero-order chi connectivity index (χ0) is 18.3. The molecule has 0 fully saturated rings. The van der Waals surface area contributed by atoms with Gasteiger partial charge in [0.15, 0.2) is 0 Å². The van der Waals surface area contributed by atoms with Crippen molar-refractivity contribution < 1.29 is 9.90 Å². The maximum atomic E-state index is 9.00. The van der Waals surface area contributed by atoms with E-state index >= 15 is 0 Å². The molecule has 0 amide bonds. The summed E-state index contributed by atoms with van der Waals surface area (Å²) in [4.78, 5) is 9.00. The summed E-state index contributed by atoms with van der Waals surface area (Å²) in [5.41, 5.74) is 5.43. The van der Waals surface area contributed by atoms with Crippen LogP contribution in [0.25, 0.3) is 0 Å². The predicted molar refractivity (Wildman–Crippen MR) is 106 cm³/mol. The van der Waals surface area contributed by atoms with E-state index in [4.69, 9.17) is 15.6 Å². The van der Waals surface area contributed by atoms with Crippen molar-refractivity contribution in [2.45, 2.75) is 104 Å². The lowest BCUT2D eigenvalue weighted by Crippen LogP contribution is -2.23. The number of nitrogens with two attached hydrogens (primary N) is 1. The van der Waals surface area contributed by atoms with Crippen LogP contribution in [0.5, 0.6) is 0 Å². The molecular formula is C20H44N2O2. The van der Waals surface area contributed by atoms with Gasteiger partial charge in [-0.25, -0.2) is 0 Å². The Morgan fingerprint density at radius 2 is 1.08 bits per heavy atom. The lowest BCUT2D eigenvalue weighted by Gasteiger charge is -2.04. The van der Waals surface area contributed by atoms with Gasteiger partial charge < -0.3 is 16.2 Å². The van der Waals surface area contributed by atoms with Gasteiger partial charge in [-0.3, -0.25) is 4.79 Å². The zero-order valence-electron chi connectivity index (χ0n) is 16.5. The lowest BCUT2D eigenvalue weighted by atomic mass is 10.0. The van der Waals surface area contributed by atoms with Crippen LogP contribution in [0.3, 0.4) is 0 Å². The number of hydrogen-bond donors (Lipinski definition) is 3. The topological polar surface area (TPSA) is 75.3 Å². The van der Waals surface area contributed by atoms with Crippen molar-refractivity contribution in [3.05, 3.63) is 0 Å². The van der Waals surface area contributed by atoms with Gasteiger partial charge in [-0.15, -0.1) is 0 Å². The largest absolute Gasteiger partial charge is 0.481 e. The van der Waals surface area contributed by atoms with E-state index in [1.165, 1.54) is 89.9 Å². The van der Waals surface area contributed by atoms with Gasteiger partial charge in [0.25, 0.3) is 5.97 Å². The maximum absolute atomic E-state index is 9.00. The fraction of sp³-hybridized carbons (Fsp3) is 0.950. The van der Waals surface area contributed by atoms with Crippen molar-refractivity contribution in [2.75, 3.05) is 19.6 Å². The standard InChI is InChI=1S/C18H40N2.C2H4O2/c1-2-3-4-5-6-7-8-9-10-11-12-13-14-15-17-20-18-16-19;1-2(3)4/h20H,2-19H2,1H3;1H3,(H,3,4). The Kier molecular flexibility index (Phi) is 26.3. The molecule has 0 radical (unpaired) electrons. The number of carboxylic acids is 1. The number of hydrogen-bond acceptors (Lipinski definition) is 3. The third-order valence-corrected chi connectivity index (χ3v) is 4.03. The molecule has 0 saturated carbocycles. The molecule has 0 spiro atoms. The minimum absolute atomic E-state index is 0.763. The number of carbonyl (C=O) groups is 1. The Morgan fingerprint density at radius 3 is 1.42 bits per heavy atom. The molecule has 0 atom stereocenters. The first kappa shape index (κ1) is 25.6. The fourth-order valence-electron chi connectivity index (χ4n) is 2.67. The number of unbranched alkanes of at least 4 members (excludes halogenated alkanes) is 13. The second-order valence-corrected chi connectivity index (χ2v) is 6.65. The van der Waals surface area contributed by atoms with E-state index in [1.807, 2.05) is 0 Å². The maximum Gasteiger partial charge on any atom is 0.300 e. The molecule has 0 aromatic heterocycles. The molecule has 0 heterocycles. The summed E-state index contributed by atoms with van der Waals surface area (Å²) in [5.74, 6) is -0.833. The van der Waals surface area contributed by atoms with Crippen LogP contribution in [0.15, 0.2) is 0 Å². The van der Waals surface area contributed by atoms with E-state index in [2.05, 4.69) is 12.2 Å². The van der Waals surface area contributed by atoms with Crippen LogP contribution in [0.4, 0.5) is 0 Å². The molecule has 0 aliphatic heterocycles. The Morgan fingerprint density at radius 1 is 0.750 bits per heavy atom. The highest BCUT2D eigenvalue weighted by Gasteiger charge is 1.94. The molecule has 0 aliphatic rings. The summed E-state index contributed by atoms with van der Waals surface area (Å²) in [6.07, 6.45) is 20.1. The molecular weight excluding hydrogens is 300 g/mol. The van der Waals surface area contributed by atoms with Crippen molar-refractivity contribution in [1.82, 2.24) is 5.32 Å². The van der Waals surface area contributed by atoms with Crippen molar-refractivity contribution in [1.29, 1.82) is 0 Å². The highest BCUT2D eigenvalue weighted by Crippen LogP contribution is 2.12. The van der Waals surface area contributed by atoms with Crippen LogP contribution < -0.4 is 11.1 Å². The highest BCUT2D eigenvalue weighted by molar-refractivity contribution is 5.62. The average Bonchev–Trinajstić information content (AvgIpc) is 2.54. The first-order valence-electron chi connectivity index (χ1n) is 10.3. The van der Waals surface area contributed by atoms with E-state index in [0.29, 0.717) is 0 Å². The van der Waals surface area contributed by atoms with Crippen LogP contribution in [0.2, 0.25) is 0 Å². The molecule has 0 unspecified atom stereocenters. The van der Waals surface area contributed by atoms with Crippen LogP contribution >= 0.6 is 0 Å². The monoisotopic (exact) mass is 344 g/mol. The molecule has 146 valence electrons. The molecule has 4 nitrogen and oxygen atoms in total. The van der Waals surface area contributed by atoms with Crippen LogP contribution in [0, 0.1) is 0 Å². The van der Waals surface area contributed by atoms with Gasteiger partial charge in [-0.05, 0) is 13.0 Å². The molecule has 0 aromatic rings. The fourth-order valence-corrected chi connectivity index (χ4v) is 2.67. The summed E-state index contributed by atoms with van der Waals surface area (Å²) in [6.45, 7) is 6.25. The van der Waals surface area contributed by atoms with Gasteiger partial charge in [0.2, 0.25) is 0 Å². The van der Waals surface area contributed by atoms with E-state index in [9.17, 15) is 0 Å². The van der Waals surface area contributed by atoms with Crippen molar-refractivity contribution in [2.24, 2.45) is 5.73 Å². The zero-order valence-corrected chi connectivity index (χ0v) is 16.5. The van der Waals surface area contributed by atoms with Gasteiger partial charge >= 0.3 is 0 Å². The van der Waals surface area contributed by atoms with Gasteiger partial charge in [-0.2, -0.15) is 0 Å². The molecule has 0 rings (SSSR count). The van der Waals surface area contributed by atoms with Crippen molar-refractivity contribution in [3.63, 3.8) is 0 Å². The third-order valence-electron chi connectivity index (χ3n) is 4.03. The van der Waals surface area contributed by atoms with Crippen LogP contribution in [-0.4, -0.2) is 30.7 Å². The summed E-state index contributed by atoms with van der Waals surface area (Å²) in [5, 5.41) is 10.8. The van der Waals surface area contributed by atoms with Gasteiger partial charge in [-0.1, -0.05) is 90.4 Å². The molecule has 0 saturated heterocycles. The Labute approximate surface area is 151 Å². The van der Waals surface area contributed by atoms with E-state index in [1.54, 1.807) is 0 Å². The molecule has 24 heavy (non-hydrogen) atoms. The normalized spacial score (nSPS) is 10.3. The van der Waals surface area contributed by atoms with Crippen LogP contribution in [0.1, 0.15) is 104 Å². The Bertz CT molecular complexity index is 214. The summed E-state index contributed by atoms with van der Waals surface area (Å²) >= 11 is 0. The molecule has 0 aromatic carbocycles. The van der Waals surface area contributed by atoms with Crippen molar-refractivity contribution in [3.8, 4) is 0 Å². The Hall–Kier alpha value is -0.610. The smallest absolute Gasteiger partial charge is 0.300 e. The number of rotatable bonds is 17. The van der Waals surface area contributed by atoms with E-state index in [0.717, 1.165) is 26.6 Å². The summed E-state index contributed by atoms with van der Waals surface area (Å²) in [7, 11) is 0. The molecule has 0 aliphatic carbocycles. The highest BCUT2D eigenvalue weighted by atomic mass is 16.4. The summed E-state index contributed by atoms with van der Waals surface area (Å²) in [6, 6.07) is 0. The second-order valence-electron chi connectivity index (χ2n) is 6.65. The van der Waals surface area contributed by atoms with Gasteiger partial charge in [0, 0.05) is 20.0 Å². The van der Waals surface area contributed by atoms with Crippen molar-refractivity contribution >= 4 is 5.97 Å². The number of carboxylic acid groups (broad SMARTS) is 1. The lowest BCUT2D eigenvalue weighted by molar-refractivity contribution is -0.134. The number of aliphatic carboxylic acids is 1. The van der Waals surface area contributed by atoms with Crippen LogP contribution in [-0.2, 0) is 4.79 Å². The minimum Gasteiger partial charge on any atom is -0.481 e. The first-order valence-corrected chi connectivity index (χ1v) is 10.3. The van der Waals surface area contributed by atoms with E-state index in [-0.39, 0.29) is 0 Å². The van der Waals surface area contributed by atoms with Gasteiger partial charge in [0.1, 0.15) is 0 Å². The quantitative estimate of drug-likeness (QED) is 0.321. The van der Waals surface area contributed by atoms with E-state index < -0.39 is 5.97 Å². The molecule has 0 bridgehead atoms. The number of nitrogens with one attached hydrogen (secondary N) is 1. The SMILES string of the molecule is CC(=O)O.CCCCCCCCCCCCCCCCNCCN. The first-order chi connectivity index (χ1) is 11.6. The predicted octanol–water partition coefficient (Wildman–Crippen LogP) is 5.11. The molecule has 4 N–H and O–H groups in total. The average molecular weight is 345 g/mol. The minimum atomic E-state index is -0.833. The second kappa shape index (κ2) is 24.6.